The molecule has 1 aromatic heterocycles. The summed E-state index contributed by atoms with van der Waals surface area (Å²) in [6, 6.07) is 13.7. The largest absolute Gasteiger partial charge is 0.486 e. The second-order valence-corrected chi connectivity index (χ2v) is 7.59. The first-order valence-corrected chi connectivity index (χ1v) is 9.99. The van der Waals surface area contributed by atoms with Crippen molar-refractivity contribution in [2.75, 3.05) is 11.1 Å². The minimum Gasteiger partial charge on any atom is -0.486 e. The van der Waals surface area contributed by atoms with Gasteiger partial charge in [0.25, 0.3) is 0 Å². The van der Waals surface area contributed by atoms with E-state index in [1.165, 1.54) is 11.8 Å². The van der Waals surface area contributed by atoms with Gasteiger partial charge < -0.3 is 14.6 Å². The second kappa shape index (κ2) is 8.93. The second-order valence-electron chi connectivity index (χ2n) is 6.65. The molecule has 0 unspecified atom stereocenters. The van der Waals surface area contributed by atoms with E-state index in [-0.39, 0.29) is 11.7 Å². The first kappa shape index (κ1) is 19.9. The van der Waals surface area contributed by atoms with Crippen LogP contribution in [0.25, 0.3) is 0 Å². The van der Waals surface area contributed by atoms with Gasteiger partial charge in [0.1, 0.15) is 12.4 Å². The highest BCUT2D eigenvalue weighted by atomic mass is 32.2. The SMILES string of the molecule is Cc1cccc(OCc2nnc(SCC(=O)Nc3cccc(C)c3C)n2C)c1. The molecule has 0 saturated carbocycles. The van der Waals surface area contributed by atoms with Gasteiger partial charge in [-0.3, -0.25) is 4.79 Å². The molecule has 2 aromatic carbocycles. The molecular formula is C21H24N4O2S. The number of nitrogens with zero attached hydrogens (tertiary/aromatic N) is 3. The van der Waals surface area contributed by atoms with E-state index >= 15 is 0 Å². The van der Waals surface area contributed by atoms with Crippen LogP contribution in [0.5, 0.6) is 5.75 Å². The summed E-state index contributed by atoms with van der Waals surface area (Å²) in [6.07, 6.45) is 0. The molecule has 0 aliphatic heterocycles. The van der Waals surface area contributed by atoms with Crippen molar-refractivity contribution in [3.63, 3.8) is 0 Å². The molecule has 1 N–H and O–H groups in total. The zero-order valence-corrected chi connectivity index (χ0v) is 17.3. The minimum atomic E-state index is -0.0701. The monoisotopic (exact) mass is 396 g/mol. The fourth-order valence-electron chi connectivity index (χ4n) is 2.65. The first-order chi connectivity index (χ1) is 13.4. The molecular weight excluding hydrogens is 372 g/mol. The number of aromatic nitrogens is 3. The maximum absolute atomic E-state index is 12.3. The molecule has 0 radical (unpaired) electrons. The maximum atomic E-state index is 12.3. The molecule has 7 heteroatoms. The van der Waals surface area contributed by atoms with Gasteiger partial charge in [-0.2, -0.15) is 0 Å². The molecule has 0 fully saturated rings. The quantitative estimate of drug-likeness (QED) is 0.610. The van der Waals surface area contributed by atoms with E-state index in [2.05, 4.69) is 15.5 Å². The Morgan fingerprint density at radius 3 is 2.71 bits per heavy atom. The fourth-order valence-corrected chi connectivity index (χ4v) is 3.38. The van der Waals surface area contributed by atoms with Crippen LogP contribution in [-0.4, -0.2) is 26.4 Å². The zero-order valence-electron chi connectivity index (χ0n) is 16.5. The third-order valence-electron chi connectivity index (χ3n) is 4.49. The molecule has 28 heavy (non-hydrogen) atoms. The summed E-state index contributed by atoms with van der Waals surface area (Å²) < 4.78 is 7.64. The predicted molar refractivity (Wildman–Crippen MR) is 112 cm³/mol. The van der Waals surface area contributed by atoms with Crippen molar-refractivity contribution in [2.24, 2.45) is 7.05 Å². The topological polar surface area (TPSA) is 69.0 Å². The van der Waals surface area contributed by atoms with Gasteiger partial charge in [-0.15, -0.1) is 10.2 Å². The Kier molecular flexibility index (Phi) is 6.36. The van der Waals surface area contributed by atoms with Gasteiger partial charge in [-0.25, -0.2) is 0 Å². The van der Waals surface area contributed by atoms with E-state index in [0.717, 1.165) is 28.1 Å². The number of thioether (sulfide) groups is 1. The van der Waals surface area contributed by atoms with Crippen LogP contribution in [0.4, 0.5) is 5.69 Å². The lowest BCUT2D eigenvalue weighted by Gasteiger charge is -2.10. The van der Waals surface area contributed by atoms with Crippen LogP contribution in [0.2, 0.25) is 0 Å². The van der Waals surface area contributed by atoms with Gasteiger partial charge in [-0.1, -0.05) is 36.0 Å². The number of hydrogen-bond donors (Lipinski definition) is 1. The molecule has 0 spiro atoms. The van der Waals surface area contributed by atoms with Crippen molar-refractivity contribution in [2.45, 2.75) is 32.5 Å². The molecule has 3 rings (SSSR count). The molecule has 6 nitrogen and oxygen atoms in total. The normalized spacial score (nSPS) is 10.7. The lowest BCUT2D eigenvalue weighted by molar-refractivity contribution is -0.113. The van der Waals surface area contributed by atoms with Crippen LogP contribution in [0.15, 0.2) is 47.6 Å². The smallest absolute Gasteiger partial charge is 0.234 e. The molecule has 0 aliphatic carbocycles. The predicted octanol–water partition coefficient (Wildman–Crippen LogP) is 4.05. The van der Waals surface area contributed by atoms with E-state index in [1.54, 1.807) is 0 Å². The number of hydrogen-bond acceptors (Lipinski definition) is 5. The highest BCUT2D eigenvalue weighted by Gasteiger charge is 2.13. The summed E-state index contributed by atoms with van der Waals surface area (Å²) in [5.74, 6) is 1.70. The number of anilines is 1. The summed E-state index contributed by atoms with van der Waals surface area (Å²) in [5.41, 5.74) is 4.21. The standard InChI is InChI=1S/C21H24N4O2S/c1-14-7-5-9-17(11-14)27-12-19-23-24-21(25(19)4)28-13-20(26)22-18-10-6-8-15(2)16(18)3/h5-11H,12-13H2,1-4H3,(H,22,26). The number of nitrogens with one attached hydrogen (secondary N) is 1. The number of aryl methyl sites for hydroxylation is 2. The number of benzene rings is 2. The van der Waals surface area contributed by atoms with Crippen molar-refractivity contribution >= 4 is 23.4 Å². The van der Waals surface area contributed by atoms with Gasteiger partial charge in [-0.05, 0) is 55.7 Å². The van der Waals surface area contributed by atoms with Gasteiger partial charge in [0.2, 0.25) is 5.91 Å². The molecule has 1 heterocycles. The van der Waals surface area contributed by atoms with Crippen molar-refractivity contribution in [1.29, 1.82) is 0 Å². The molecule has 0 aliphatic rings. The van der Waals surface area contributed by atoms with Crippen LogP contribution >= 0.6 is 11.8 Å². The summed E-state index contributed by atoms with van der Waals surface area (Å²) in [6.45, 7) is 6.37. The molecule has 0 saturated heterocycles. The fraction of sp³-hybridized carbons (Fsp3) is 0.286. The van der Waals surface area contributed by atoms with E-state index in [9.17, 15) is 4.79 Å². The van der Waals surface area contributed by atoms with Crippen molar-refractivity contribution in [3.8, 4) is 5.75 Å². The van der Waals surface area contributed by atoms with Gasteiger partial charge in [0, 0.05) is 12.7 Å². The maximum Gasteiger partial charge on any atom is 0.234 e. The zero-order chi connectivity index (χ0) is 20.1. The average Bonchev–Trinajstić information content (AvgIpc) is 3.02. The lowest BCUT2D eigenvalue weighted by Crippen LogP contribution is -2.15. The van der Waals surface area contributed by atoms with Gasteiger partial charge in [0.05, 0.1) is 5.75 Å². The van der Waals surface area contributed by atoms with Crippen molar-refractivity contribution in [1.82, 2.24) is 14.8 Å². The molecule has 0 atom stereocenters. The van der Waals surface area contributed by atoms with E-state index < -0.39 is 0 Å². The summed E-state index contributed by atoms with van der Waals surface area (Å²) in [4.78, 5) is 12.3. The highest BCUT2D eigenvalue weighted by Crippen LogP contribution is 2.21. The Bertz CT molecular complexity index is 984. The van der Waals surface area contributed by atoms with E-state index in [4.69, 9.17) is 4.74 Å². The van der Waals surface area contributed by atoms with Crippen LogP contribution < -0.4 is 10.1 Å². The highest BCUT2D eigenvalue weighted by molar-refractivity contribution is 7.99. The molecule has 1 amide bonds. The number of ether oxygens (including phenoxy) is 1. The van der Waals surface area contributed by atoms with E-state index in [0.29, 0.717) is 17.6 Å². The van der Waals surface area contributed by atoms with Crippen LogP contribution in [-0.2, 0) is 18.4 Å². The number of carbonyl (C=O) groups is 1. The Morgan fingerprint density at radius 2 is 1.93 bits per heavy atom. The Hall–Kier alpha value is -2.80. The van der Waals surface area contributed by atoms with E-state index in [1.807, 2.05) is 74.9 Å². The van der Waals surface area contributed by atoms with Crippen molar-refractivity contribution in [3.05, 3.63) is 65.0 Å². The van der Waals surface area contributed by atoms with Gasteiger partial charge in [0.15, 0.2) is 11.0 Å². The van der Waals surface area contributed by atoms with Gasteiger partial charge >= 0.3 is 0 Å². The number of carbonyl (C=O) groups excluding carboxylic acids is 1. The Labute approximate surface area is 169 Å². The van der Waals surface area contributed by atoms with Crippen LogP contribution in [0, 0.1) is 20.8 Å². The third-order valence-corrected chi connectivity index (χ3v) is 5.51. The van der Waals surface area contributed by atoms with Crippen molar-refractivity contribution < 1.29 is 9.53 Å². The Balaban J connectivity index is 1.55. The van der Waals surface area contributed by atoms with Crippen LogP contribution in [0.1, 0.15) is 22.5 Å². The molecule has 0 bridgehead atoms. The van der Waals surface area contributed by atoms with Crippen LogP contribution in [0.3, 0.4) is 0 Å². The summed E-state index contributed by atoms with van der Waals surface area (Å²) in [5, 5.41) is 12.0. The third kappa shape index (κ3) is 4.92. The summed E-state index contributed by atoms with van der Waals surface area (Å²) >= 11 is 1.35. The Morgan fingerprint density at radius 1 is 1.14 bits per heavy atom. The summed E-state index contributed by atoms with van der Waals surface area (Å²) in [7, 11) is 1.87. The number of amides is 1. The molecule has 3 aromatic rings. The minimum absolute atomic E-state index is 0.0701. The molecule has 146 valence electrons. The number of rotatable bonds is 7. The lowest BCUT2D eigenvalue weighted by atomic mass is 10.1. The first-order valence-electron chi connectivity index (χ1n) is 9.00. The average molecular weight is 397 g/mol.